The van der Waals surface area contributed by atoms with Crippen molar-refractivity contribution < 1.29 is 24.2 Å². The minimum Gasteiger partial charge on any atom is -0.394 e. The number of hydrogen-bond acceptors (Lipinski definition) is 5. The number of likely N-dealkylation sites (tertiary alicyclic amines) is 1. The molecule has 4 rings (SSSR count). The van der Waals surface area contributed by atoms with Crippen LogP contribution in [0, 0.1) is 17.8 Å². The lowest BCUT2D eigenvalue weighted by Crippen LogP contribution is -2.59. The Balaban J connectivity index is 1.87. The molecule has 0 aromatic heterocycles. The van der Waals surface area contributed by atoms with Gasteiger partial charge in [0.15, 0.2) is 0 Å². The van der Waals surface area contributed by atoms with Gasteiger partial charge in [-0.25, -0.2) is 0 Å². The van der Waals surface area contributed by atoms with E-state index in [0.29, 0.717) is 26.1 Å². The van der Waals surface area contributed by atoms with E-state index in [-0.39, 0.29) is 30.2 Å². The van der Waals surface area contributed by atoms with Crippen LogP contribution in [-0.2, 0) is 19.1 Å². The van der Waals surface area contributed by atoms with Crippen molar-refractivity contribution in [3.05, 3.63) is 24.3 Å². The molecule has 188 valence electrons. The summed E-state index contributed by atoms with van der Waals surface area (Å²) in [5, 5.41) is 10.3. The van der Waals surface area contributed by atoms with Crippen molar-refractivity contribution in [2.75, 3.05) is 33.3 Å². The quantitative estimate of drug-likeness (QED) is 0.567. The van der Waals surface area contributed by atoms with Gasteiger partial charge in [0.2, 0.25) is 17.7 Å². The molecule has 4 aliphatic rings. The van der Waals surface area contributed by atoms with Crippen molar-refractivity contribution in [1.29, 1.82) is 0 Å². The summed E-state index contributed by atoms with van der Waals surface area (Å²) in [4.78, 5) is 46.8. The van der Waals surface area contributed by atoms with Gasteiger partial charge in [-0.15, -0.1) is 0 Å². The fraction of sp³-hybridized carbons (Fsp3) is 0.731. The van der Waals surface area contributed by atoms with Crippen LogP contribution in [-0.4, -0.2) is 94.1 Å². The molecule has 0 aliphatic carbocycles. The van der Waals surface area contributed by atoms with Crippen LogP contribution in [0.15, 0.2) is 24.3 Å². The van der Waals surface area contributed by atoms with Gasteiger partial charge in [-0.3, -0.25) is 14.4 Å². The number of likely N-dealkylation sites (N-methyl/N-ethyl adjacent to an activating group) is 1. The molecule has 4 heterocycles. The van der Waals surface area contributed by atoms with Gasteiger partial charge >= 0.3 is 0 Å². The number of aliphatic hydroxyl groups excluding tert-OH is 1. The Hall–Kier alpha value is -2.19. The summed E-state index contributed by atoms with van der Waals surface area (Å²) in [6, 6.07) is -1.43. The number of unbranched alkanes of at least 4 members (excludes halogenated alkanes) is 1. The van der Waals surface area contributed by atoms with Crippen molar-refractivity contribution in [3.63, 3.8) is 0 Å². The van der Waals surface area contributed by atoms with E-state index in [0.717, 1.165) is 12.8 Å². The molecular weight excluding hydrogens is 434 g/mol. The van der Waals surface area contributed by atoms with Crippen LogP contribution in [0.2, 0.25) is 0 Å². The highest BCUT2D eigenvalue weighted by Gasteiger charge is 2.75. The third-order valence-corrected chi connectivity index (χ3v) is 7.91. The molecule has 2 fully saturated rings. The molecule has 1 N–H and O–H groups in total. The summed E-state index contributed by atoms with van der Waals surface area (Å²) in [6.45, 7) is 9.22. The Morgan fingerprint density at radius 2 is 1.79 bits per heavy atom. The number of nitrogens with zero attached hydrogens (tertiary/aromatic N) is 3. The first-order chi connectivity index (χ1) is 16.1. The maximum atomic E-state index is 14.2. The average molecular weight is 474 g/mol. The highest BCUT2D eigenvalue weighted by atomic mass is 16.5. The second-order valence-corrected chi connectivity index (χ2v) is 10.9. The highest BCUT2D eigenvalue weighted by molar-refractivity contribution is 6.00. The molecule has 6 atom stereocenters. The van der Waals surface area contributed by atoms with E-state index in [9.17, 15) is 19.5 Å². The number of aliphatic hydroxyl groups is 1. The number of fused-ring (bicyclic) bond motifs is 2. The molecule has 3 amide bonds. The van der Waals surface area contributed by atoms with E-state index in [2.05, 4.69) is 6.92 Å². The minimum absolute atomic E-state index is 0.152. The number of ether oxygens (including phenoxy) is 1. The summed E-state index contributed by atoms with van der Waals surface area (Å²) in [7, 11) is 1.73. The summed E-state index contributed by atoms with van der Waals surface area (Å²) in [5.41, 5.74) is -2.25. The average Bonchev–Trinajstić information content (AvgIpc) is 3.07. The topological polar surface area (TPSA) is 90.4 Å². The van der Waals surface area contributed by atoms with E-state index < -0.39 is 35.1 Å². The zero-order valence-corrected chi connectivity index (χ0v) is 21.1. The molecule has 8 nitrogen and oxygen atoms in total. The van der Waals surface area contributed by atoms with Gasteiger partial charge in [0.05, 0.1) is 30.1 Å². The first-order valence-corrected chi connectivity index (χ1v) is 12.6. The standard InChI is InChI=1S/C26H39N3O5/c1-6-7-13-28-14-9-11-26-20(19-22(31)27(5)12-8-10-25(19,4)34-26)23(32)29(21(26)24(28)33)18(16-30)15-17(2)3/h8-11,17-21,30H,6-7,12-16H2,1-5H3/t18-,19-,20+,21?,25+,26+/m1/s1. The lowest BCUT2D eigenvalue weighted by molar-refractivity contribution is -0.156. The zero-order valence-electron chi connectivity index (χ0n) is 21.1. The molecule has 8 heteroatoms. The van der Waals surface area contributed by atoms with Crippen molar-refractivity contribution in [3.8, 4) is 0 Å². The smallest absolute Gasteiger partial charge is 0.249 e. The molecule has 0 aromatic rings. The van der Waals surface area contributed by atoms with Gasteiger partial charge in [-0.1, -0.05) is 51.5 Å². The number of carbonyl (C=O) groups is 3. The van der Waals surface area contributed by atoms with E-state index in [1.165, 1.54) is 0 Å². The van der Waals surface area contributed by atoms with Crippen LogP contribution < -0.4 is 0 Å². The van der Waals surface area contributed by atoms with Gasteiger partial charge in [0, 0.05) is 26.7 Å². The molecule has 1 unspecified atom stereocenters. The largest absolute Gasteiger partial charge is 0.394 e. The predicted molar refractivity (Wildman–Crippen MR) is 128 cm³/mol. The minimum atomic E-state index is -1.25. The van der Waals surface area contributed by atoms with Crippen molar-refractivity contribution in [1.82, 2.24) is 14.7 Å². The molecule has 0 radical (unpaired) electrons. The molecule has 0 saturated carbocycles. The van der Waals surface area contributed by atoms with Crippen LogP contribution in [0.5, 0.6) is 0 Å². The third-order valence-electron chi connectivity index (χ3n) is 7.91. The van der Waals surface area contributed by atoms with Crippen LogP contribution in [0.25, 0.3) is 0 Å². The van der Waals surface area contributed by atoms with E-state index in [1.54, 1.807) is 21.7 Å². The Morgan fingerprint density at radius 1 is 1.09 bits per heavy atom. The molecule has 4 aliphatic heterocycles. The fourth-order valence-electron chi connectivity index (χ4n) is 6.39. The Morgan fingerprint density at radius 3 is 2.44 bits per heavy atom. The third kappa shape index (κ3) is 3.70. The SMILES string of the molecule is CCCCN1CC=C[C@]23O[C@@]4(C)C=CCN(C)C(=O)[C@H]4[C@H]2C(=O)N([C@@H](CO)CC(C)C)C3C1=O. The van der Waals surface area contributed by atoms with Crippen LogP contribution in [0.1, 0.15) is 47.0 Å². The Labute approximate surface area is 202 Å². The maximum Gasteiger partial charge on any atom is 0.249 e. The summed E-state index contributed by atoms with van der Waals surface area (Å²) in [6.07, 6.45) is 9.94. The predicted octanol–water partition coefficient (Wildman–Crippen LogP) is 1.59. The number of amides is 3. The van der Waals surface area contributed by atoms with Crippen molar-refractivity contribution >= 4 is 17.7 Å². The maximum absolute atomic E-state index is 14.2. The lowest BCUT2D eigenvalue weighted by atomic mass is 9.74. The van der Waals surface area contributed by atoms with E-state index >= 15 is 0 Å². The van der Waals surface area contributed by atoms with Crippen molar-refractivity contribution in [2.24, 2.45) is 17.8 Å². The number of rotatable bonds is 7. The normalized spacial score (nSPS) is 36.0. The number of hydrogen-bond donors (Lipinski definition) is 1. The monoisotopic (exact) mass is 473 g/mol. The summed E-state index contributed by atoms with van der Waals surface area (Å²) >= 11 is 0. The van der Waals surface area contributed by atoms with Gasteiger partial charge < -0.3 is 24.5 Å². The van der Waals surface area contributed by atoms with Gasteiger partial charge in [0.1, 0.15) is 11.6 Å². The van der Waals surface area contributed by atoms with Crippen LogP contribution in [0.4, 0.5) is 0 Å². The fourth-order valence-corrected chi connectivity index (χ4v) is 6.39. The first-order valence-electron chi connectivity index (χ1n) is 12.6. The van der Waals surface area contributed by atoms with Crippen LogP contribution in [0.3, 0.4) is 0 Å². The molecule has 2 saturated heterocycles. The summed E-state index contributed by atoms with van der Waals surface area (Å²) < 4.78 is 6.76. The molecule has 0 aromatic carbocycles. The zero-order chi connectivity index (χ0) is 24.8. The van der Waals surface area contributed by atoms with Gasteiger partial charge in [0.25, 0.3) is 0 Å². The van der Waals surface area contributed by atoms with E-state index in [4.69, 9.17) is 4.74 Å². The van der Waals surface area contributed by atoms with Gasteiger partial charge in [-0.05, 0) is 25.7 Å². The van der Waals surface area contributed by atoms with Crippen molar-refractivity contribution in [2.45, 2.75) is 70.2 Å². The first kappa shape index (κ1) is 24.9. The molecule has 1 spiro atoms. The molecule has 34 heavy (non-hydrogen) atoms. The second-order valence-electron chi connectivity index (χ2n) is 10.9. The molecule has 0 bridgehead atoms. The summed E-state index contributed by atoms with van der Waals surface area (Å²) in [5.74, 6) is -1.94. The highest BCUT2D eigenvalue weighted by Crippen LogP contribution is 2.57. The Bertz CT molecular complexity index is 901. The Kier molecular flexibility index (Phi) is 6.68. The molecular formula is C26H39N3O5. The number of carbonyl (C=O) groups excluding carboxylic acids is 3. The van der Waals surface area contributed by atoms with Crippen LogP contribution >= 0.6 is 0 Å². The second kappa shape index (κ2) is 9.11. The van der Waals surface area contributed by atoms with E-state index in [1.807, 2.05) is 45.1 Å². The lowest BCUT2D eigenvalue weighted by Gasteiger charge is -2.40. The van der Waals surface area contributed by atoms with Gasteiger partial charge in [-0.2, -0.15) is 0 Å².